The number of nitrogens with zero attached hydrogens (tertiary/aromatic N) is 3. The molecule has 0 atom stereocenters. The Kier molecular flexibility index (Phi) is 5.62. The summed E-state index contributed by atoms with van der Waals surface area (Å²) in [5, 5.41) is 13.4. The van der Waals surface area contributed by atoms with Crippen molar-refractivity contribution in [3.8, 4) is 11.8 Å². The standard InChI is InChI=1S/C19H15N5O4/c20-9-13-5-1-4-8-17(13)28-12-19(27)23-22-18(26)11-24-15-7-3-2-6-14(15)16(25)10-21-24/h1-8,10H,11-12H2,(H,22,26)(H,23,27). The molecule has 0 bridgehead atoms. The summed E-state index contributed by atoms with van der Waals surface area (Å²) in [5.74, 6) is -0.860. The fourth-order valence-corrected chi connectivity index (χ4v) is 2.47. The van der Waals surface area contributed by atoms with E-state index < -0.39 is 11.8 Å². The van der Waals surface area contributed by atoms with Crippen LogP contribution in [0.3, 0.4) is 0 Å². The summed E-state index contributed by atoms with van der Waals surface area (Å²) in [6.45, 7) is -0.572. The van der Waals surface area contributed by atoms with Crippen LogP contribution < -0.4 is 21.0 Å². The Morgan fingerprint density at radius 1 is 1.07 bits per heavy atom. The Labute approximate surface area is 159 Å². The molecule has 0 radical (unpaired) electrons. The molecule has 0 saturated heterocycles. The molecular weight excluding hydrogens is 362 g/mol. The maximum atomic E-state index is 12.1. The van der Waals surface area contributed by atoms with E-state index >= 15 is 0 Å². The van der Waals surface area contributed by atoms with Gasteiger partial charge in [0.15, 0.2) is 6.61 Å². The number of fused-ring (bicyclic) bond motifs is 1. The van der Waals surface area contributed by atoms with Gasteiger partial charge in [0, 0.05) is 5.39 Å². The SMILES string of the molecule is N#Cc1ccccc1OCC(=O)NNC(=O)Cn1ncc(=O)c2ccccc21. The number of para-hydroxylation sites is 2. The topological polar surface area (TPSA) is 126 Å². The number of benzene rings is 2. The molecule has 0 spiro atoms. The molecule has 2 amide bonds. The normalized spacial score (nSPS) is 10.1. The zero-order valence-corrected chi connectivity index (χ0v) is 14.6. The van der Waals surface area contributed by atoms with Gasteiger partial charge in [-0.25, -0.2) is 0 Å². The molecule has 0 unspecified atom stereocenters. The number of nitrogens with one attached hydrogen (secondary N) is 2. The Morgan fingerprint density at radius 3 is 2.61 bits per heavy atom. The summed E-state index contributed by atoms with van der Waals surface area (Å²) in [6.07, 6.45) is 1.13. The molecule has 0 aliphatic heterocycles. The predicted molar refractivity (Wildman–Crippen MR) is 98.9 cm³/mol. The third-order valence-electron chi connectivity index (χ3n) is 3.76. The summed E-state index contributed by atoms with van der Waals surface area (Å²) in [5.41, 5.74) is 5.04. The van der Waals surface area contributed by atoms with E-state index in [9.17, 15) is 14.4 Å². The summed E-state index contributed by atoms with van der Waals surface area (Å²) in [6, 6.07) is 15.2. The van der Waals surface area contributed by atoms with Crippen LogP contribution in [0.2, 0.25) is 0 Å². The van der Waals surface area contributed by atoms with E-state index in [4.69, 9.17) is 10.00 Å². The summed E-state index contributed by atoms with van der Waals surface area (Å²) in [7, 11) is 0. The fourth-order valence-electron chi connectivity index (χ4n) is 2.47. The van der Waals surface area contributed by atoms with E-state index in [1.807, 2.05) is 6.07 Å². The van der Waals surface area contributed by atoms with Gasteiger partial charge in [-0.05, 0) is 24.3 Å². The number of amides is 2. The van der Waals surface area contributed by atoms with Gasteiger partial charge in [-0.15, -0.1) is 0 Å². The van der Waals surface area contributed by atoms with Crippen LogP contribution >= 0.6 is 0 Å². The van der Waals surface area contributed by atoms with Crippen molar-refractivity contribution < 1.29 is 14.3 Å². The Balaban J connectivity index is 1.55. The number of ether oxygens (including phenoxy) is 1. The number of aromatic nitrogens is 2. The lowest BCUT2D eigenvalue weighted by molar-refractivity contribution is -0.130. The second kappa shape index (κ2) is 8.46. The molecule has 9 heteroatoms. The van der Waals surface area contributed by atoms with Gasteiger partial charge >= 0.3 is 0 Å². The molecule has 0 aliphatic carbocycles. The lowest BCUT2D eigenvalue weighted by Gasteiger charge is -2.11. The number of hydrogen-bond donors (Lipinski definition) is 2. The van der Waals surface area contributed by atoms with Crippen LogP contribution in [0.25, 0.3) is 10.9 Å². The minimum absolute atomic E-state index is 0.195. The van der Waals surface area contributed by atoms with Gasteiger partial charge in [-0.1, -0.05) is 24.3 Å². The maximum absolute atomic E-state index is 12.1. The summed E-state index contributed by atoms with van der Waals surface area (Å²) < 4.78 is 6.63. The van der Waals surface area contributed by atoms with E-state index in [-0.39, 0.29) is 24.3 Å². The molecule has 2 N–H and O–H groups in total. The van der Waals surface area contributed by atoms with Crippen molar-refractivity contribution >= 4 is 22.7 Å². The Morgan fingerprint density at radius 2 is 1.79 bits per heavy atom. The largest absolute Gasteiger partial charge is 0.482 e. The second-order valence-corrected chi connectivity index (χ2v) is 5.68. The molecule has 1 aromatic heterocycles. The van der Waals surface area contributed by atoms with E-state index in [2.05, 4.69) is 16.0 Å². The third-order valence-corrected chi connectivity index (χ3v) is 3.76. The van der Waals surface area contributed by atoms with Gasteiger partial charge in [0.1, 0.15) is 18.4 Å². The molecular formula is C19H15N5O4. The maximum Gasteiger partial charge on any atom is 0.276 e. The highest BCUT2D eigenvalue weighted by molar-refractivity contribution is 5.84. The smallest absolute Gasteiger partial charge is 0.276 e. The molecule has 0 aliphatic rings. The first-order chi connectivity index (χ1) is 13.6. The average Bonchev–Trinajstić information content (AvgIpc) is 2.73. The number of rotatable bonds is 5. The first kappa shape index (κ1) is 18.6. The van der Waals surface area contributed by atoms with Gasteiger partial charge in [0.2, 0.25) is 5.43 Å². The highest BCUT2D eigenvalue weighted by Crippen LogP contribution is 2.16. The quantitative estimate of drug-likeness (QED) is 0.624. The number of nitriles is 1. The zero-order chi connectivity index (χ0) is 19.9. The van der Waals surface area contributed by atoms with Crippen molar-refractivity contribution in [2.75, 3.05) is 6.61 Å². The lowest BCUT2D eigenvalue weighted by atomic mass is 10.2. The zero-order valence-electron chi connectivity index (χ0n) is 14.6. The van der Waals surface area contributed by atoms with Crippen LogP contribution in [0.1, 0.15) is 5.56 Å². The highest BCUT2D eigenvalue weighted by atomic mass is 16.5. The predicted octanol–water partition coefficient (Wildman–Crippen LogP) is 0.495. The van der Waals surface area contributed by atoms with Gasteiger partial charge in [-0.3, -0.25) is 29.9 Å². The van der Waals surface area contributed by atoms with Crippen molar-refractivity contribution in [3.05, 3.63) is 70.5 Å². The molecule has 2 aromatic carbocycles. The van der Waals surface area contributed by atoms with Crippen LogP contribution in [-0.4, -0.2) is 28.2 Å². The van der Waals surface area contributed by atoms with Gasteiger partial charge in [0.25, 0.3) is 11.8 Å². The number of hydrazine groups is 1. The molecule has 9 nitrogen and oxygen atoms in total. The summed E-state index contributed by atoms with van der Waals surface area (Å²) in [4.78, 5) is 35.7. The minimum Gasteiger partial charge on any atom is -0.482 e. The fraction of sp³-hybridized carbons (Fsp3) is 0.105. The average molecular weight is 377 g/mol. The molecule has 28 heavy (non-hydrogen) atoms. The van der Waals surface area contributed by atoms with Gasteiger partial charge in [-0.2, -0.15) is 10.4 Å². The lowest BCUT2D eigenvalue weighted by Crippen LogP contribution is -2.45. The molecule has 140 valence electrons. The van der Waals surface area contributed by atoms with Crippen molar-refractivity contribution in [3.63, 3.8) is 0 Å². The van der Waals surface area contributed by atoms with E-state index in [0.29, 0.717) is 16.5 Å². The number of carbonyl (C=O) groups excluding carboxylic acids is 2. The van der Waals surface area contributed by atoms with E-state index in [0.717, 1.165) is 6.20 Å². The van der Waals surface area contributed by atoms with Crippen molar-refractivity contribution in [2.24, 2.45) is 0 Å². The minimum atomic E-state index is -0.598. The molecule has 1 heterocycles. The summed E-state index contributed by atoms with van der Waals surface area (Å²) >= 11 is 0. The van der Waals surface area contributed by atoms with Crippen LogP contribution in [0.4, 0.5) is 0 Å². The van der Waals surface area contributed by atoms with Crippen molar-refractivity contribution in [2.45, 2.75) is 6.54 Å². The van der Waals surface area contributed by atoms with Crippen LogP contribution in [0, 0.1) is 11.3 Å². The van der Waals surface area contributed by atoms with Gasteiger partial charge in [0.05, 0.1) is 17.3 Å². The molecule has 3 aromatic rings. The number of carbonyl (C=O) groups is 2. The first-order valence-electron chi connectivity index (χ1n) is 8.23. The van der Waals surface area contributed by atoms with Crippen LogP contribution in [-0.2, 0) is 16.1 Å². The second-order valence-electron chi connectivity index (χ2n) is 5.68. The van der Waals surface area contributed by atoms with E-state index in [1.165, 1.54) is 4.68 Å². The van der Waals surface area contributed by atoms with Crippen molar-refractivity contribution in [1.29, 1.82) is 5.26 Å². The number of hydrogen-bond acceptors (Lipinski definition) is 6. The van der Waals surface area contributed by atoms with Gasteiger partial charge < -0.3 is 4.74 Å². The molecule has 0 fully saturated rings. The van der Waals surface area contributed by atoms with Crippen LogP contribution in [0.15, 0.2) is 59.5 Å². The Hall–Kier alpha value is -4.19. The molecule has 0 saturated carbocycles. The van der Waals surface area contributed by atoms with Crippen LogP contribution in [0.5, 0.6) is 5.75 Å². The highest BCUT2D eigenvalue weighted by Gasteiger charge is 2.10. The Bertz CT molecular complexity index is 1130. The third kappa shape index (κ3) is 4.31. The van der Waals surface area contributed by atoms with E-state index in [1.54, 1.807) is 48.5 Å². The monoisotopic (exact) mass is 377 g/mol. The molecule has 3 rings (SSSR count). The van der Waals surface area contributed by atoms with Crippen molar-refractivity contribution in [1.82, 2.24) is 20.6 Å². The first-order valence-corrected chi connectivity index (χ1v) is 8.23.